The molecule has 1 saturated carbocycles. The Bertz CT molecular complexity index is 624. The molecule has 3 rings (SSSR count). The van der Waals surface area contributed by atoms with Gasteiger partial charge in [0.2, 0.25) is 5.89 Å². The lowest BCUT2D eigenvalue weighted by atomic mass is 9.72. The number of rotatable bonds is 4. The molecule has 2 heteroatoms. The fourth-order valence-corrected chi connectivity index (χ4v) is 3.63. The molecule has 0 aromatic carbocycles. The van der Waals surface area contributed by atoms with Crippen LogP contribution in [0.4, 0.5) is 0 Å². The molecule has 2 aliphatic carbocycles. The Balaban J connectivity index is 1.66. The van der Waals surface area contributed by atoms with Crippen LogP contribution in [0.3, 0.4) is 0 Å². The first-order chi connectivity index (χ1) is 10.6. The van der Waals surface area contributed by atoms with E-state index in [0.29, 0.717) is 5.41 Å². The van der Waals surface area contributed by atoms with E-state index in [-0.39, 0.29) is 0 Å². The SMILES string of the molecule is CC(=C1C=CC(CCC2(C)CCCCC2)=C1)c1nc(C)co1. The second-order valence-electron chi connectivity index (χ2n) is 7.30. The molecule has 1 aromatic rings. The summed E-state index contributed by atoms with van der Waals surface area (Å²) in [6, 6.07) is 0. The van der Waals surface area contributed by atoms with Gasteiger partial charge in [-0.3, -0.25) is 0 Å². The maximum Gasteiger partial charge on any atom is 0.222 e. The minimum atomic E-state index is 0.564. The van der Waals surface area contributed by atoms with Gasteiger partial charge in [0.15, 0.2) is 0 Å². The van der Waals surface area contributed by atoms with Gasteiger partial charge in [-0.25, -0.2) is 4.98 Å². The molecule has 0 radical (unpaired) electrons. The minimum Gasteiger partial charge on any atom is -0.445 e. The lowest BCUT2D eigenvalue weighted by Crippen LogP contribution is -2.19. The highest BCUT2D eigenvalue weighted by atomic mass is 16.3. The van der Waals surface area contributed by atoms with Gasteiger partial charge >= 0.3 is 0 Å². The quantitative estimate of drug-likeness (QED) is 0.681. The molecular formula is C20H27NO. The van der Waals surface area contributed by atoms with Crippen molar-refractivity contribution < 1.29 is 4.42 Å². The summed E-state index contributed by atoms with van der Waals surface area (Å²) >= 11 is 0. The van der Waals surface area contributed by atoms with E-state index in [0.717, 1.165) is 17.2 Å². The average Bonchev–Trinajstić information content (AvgIpc) is 3.14. The molecule has 118 valence electrons. The Morgan fingerprint density at radius 2 is 2.00 bits per heavy atom. The summed E-state index contributed by atoms with van der Waals surface area (Å²) in [5.41, 5.74) is 5.32. The second-order valence-corrected chi connectivity index (χ2v) is 7.30. The molecule has 0 amide bonds. The topological polar surface area (TPSA) is 26.0 Å². The zero-order chi connectivity index (χ0) is 15.6. The summed E-state index contributed by atoms with van der Waals surface area (Å²) in [5.74, 6) is 0.744. The Hall–Kier alpha value is -1.57. The van der Waals surface area contributed by atoms with Crippen molar-refractivity contribution in [3.8, 4) is 0 Å². The first-order valence-corrected chi connectivity index (χ1v) is 8.58. The van der Waals surface area contributed by atoms with Crippen LogP contribution in [-0.2, 0) is 0 Å². The molecule has 0 N–H and O–H groups in total. The highest BCUT2D eigenvalue weighted by molar-refractivity contribution is 5.69. The van der Waals surface area contributed by atoms with Crippen molar-refractivity contribution in [3.63, 3.8) is 0 Å². The third-order valence-corrected chi connectivity index (χ3v) is 5.27. The van der Waals surface area contributed by atoms with E-state index in [4.69, 9.17) is 4.42 Å². The van der Waals surface area contributed by atoms with Gasteiger partial charge in [-0.15, -0.1) is 0 Å². The molecule has 22 heavy (non-hydrogen) atoms. The molecule has 1 aromatic heterocycles. The van der Waals surface area contributed by atoms with Crippen LogP contribution >= 0.6 is 0 Å². The number of aromatic nitrogens is 1. The third kappa shape index (κ3) is 3.43. The lowest BCUT2D eigenvalue weighted by Gasteiger charge is -2.33. The number of nitrogens with zero attached hydrogens (tertiary/aromatic N) is 1. The van der Waals surface area contributed by atoms with E-state index in [1.54, 1.807) is 6.26 Å². The second kappa shape index (κ2) is 6.28. The standard InChI is InChI=1S/C20H27NO/c1-15-14-22-19(21-15)16(2)18-8-7-17(13-18)9-12-20(3)10-5-4-6-11-20/h7-8,13-14H,4-6,9-12H2,1-3H3. The largest absolute Gasteiger partial charge is 0.445 e. The van der Waals surface area contributed by atoms with Crippen molar-refractivity contribution in [2.24, 2.45) is 5.41 Å². The first-order valence-electron chi connectivity index (χ1n) is 8.58. The van der Waals surface area contributed by atoms with Crippen LogP contribution in [0.2, 0.25) is 0 Å². The molecule has 0 saturated heterocycles. The van der Waals surface area contributed by atoms with Crippen molar-refractivity contribution in [2.75, 3.05) is 0 Å². The maximum atomic E-state index is 5.51. The van der Waals surface area contributed by atoms with Crippen LogP contribution in [0, 0.1) is 12.3 Å². The molecule has 0 spiro atoms. The molecule has 0 aliphatic heterocycles. The summed E-state index contributed by atoms with van der Waals surface area (Å²) < 4.78 is 5.51. The van der Waals surface area contributed by atoms with Crippen LogP contribution in [0.5, 0.6) is 0 Å². The molecule has 2 nitrogen and oxygen atoms in total. The lowest BCUT2D eigenvalue weighted by molar-refractivity contribution is 0.200. The molecular weight excluding hydrogens is 270 g/mol. The number of allylic oxidation sites excluding steroid dienone is 6. The van der Waals surface area contributed by atoms with Crippen LogP contribution in [0.25, 0.3) is 5.57 Å². The van der Waals surface area contributed by atoms with Gasteiger partial charge < -0.3 is 4.42 Å². The predicted octanol–water partition coefficient (Wildman–Crippen LogP) is 6.00. The van der Waals surface area contributed by atoms with E-state index in [2.05, 4.69) is 37.1 Å². The molecule has 0 unspecified atom stereocenters. The van der Waals surface area contributed by atoms with Gasteiger partial charge in [-0.2, -0.15) is 0 Å². The van der Waals surface area contributed by atoms with Gasteiger partial charge in [0, 0.05) is 5.57 Å². The number of oxazole rings is 1. The zero-order valence-electron chi connectivity index (χ0n) is 14.1. The highest BCUT2D eigenvalue weighted by Crippen LogP contribution is 2.41. The molecule has 0 atom stereocenters. The van der Waals surface area contributed by atoms with Crippen LogP contribution < -0.4 is 0 Å². The maximum absolute atomic E-state index is 5.51. The highest BCUT2D eigenvalue weighted by Gasteiger charge is 2.26. The van der Waals surface area contributed by atoms with Crippen molar-refractivity contribution in [1.82, 2.24) is 4.98 Å². The Kier molecular flexibility index (Phi) is 4.37. The zero-order valence-corrected chi connectivity index (χ0v) is 14.1. The first kappa shape index (κ1) is 15.3. The fraction of sp³-hybridized carbons (Fsp3) is 0.550. The Morgan fingerprint density at radius 3 is 2.68 bits per heavy atom. The predicted molar refractivity (Wildman–Crippen MR) is 91.5 cm³/mol. The molecule has 1 fully saturated rings. The van der Waals surface area contributed by atoms with Crippen LogP contribution in [0.15, 0.2) is 40.1 Å². The van der Waals surface area contributed by atoms with Gasteiger partial charge in [-0.05, 0) is 56.1 Å². The van der Waals surface area contributed by atoms with E-state index < -0.39 is 0 Å². The van der Waals surface area contributed by atoms with Gasteiger partial charge in [0.05, 0.1) is 5.69 Å². The van der Waals surface area contributed by atoms with Crippen LogP contribution in [0.1, 0.15) is 70.4 Å². The summed E-state index contributed by atoms with van der Waals surface area (Å²) in [6.45, 7) is 6.53. The number of aryl methyl sites for hydroxylation is 1. The number of hydrogen-bond donors (Lipinski definition) is 0. The van der Waals surface area contributed by atoms with E-state index in [1.165, 1.54) is 56.1 Å². The van der Waals surface area contributed by atoms with Gasteiger partial charge in [0.25, 0.3) is 0 Å². The van der Waals surface area contributed by atoms with Gasteiger partial charge in [0.1, 0.15) is 6.26 Å². The van der Waals surface area contributed by atoms with Crippen molar-refractivity contribution >= 4 is 5.57 Å². The minimum absolute atomic E-state index is 0.564. The van der Waals surface area contributed by atoms with E-state index in [9.17, 15) is 0 Å². The monoisotopic (exact) mass is 297 g/mol. The normalized spacial score (nSPS) is 22.8. The van der Waals surface area contributed by atoms with Crippen molar-refractivity contribution in [2.45, 2.75) is 65.7 Å². The summed E-state index contributed by atoms with van der Waals surface area (Å²) in [6.07, 6.45) is 18.1. The Morgan fingerprint density at radius 1 is 1.23 bits per heavy atom. The smallest absolute Gasteiger partial charge is 0.222 e. The molecule has 2 aliphatic rings. The fourth-order valence-electron chi connectivity index (χ4n) is 3.63. The van der Waals surface area contributed by atoms with E-state index in [1.807, 2.05) is 6.92 Å². The van der Waals surface area contributed by atoms with Gasteiger partial charge in [-0.1, -0.05) is 44.4 Å². The molecule has 0 bridgehead atoms. The summed E-state index contributed by atoms with van der Waals surface area (Å²) in [5, 5.41) is 0. The average molecular weight is 297 g/mol. The van der Waals surface area contributed by atoms with Crippen molar-refractivity contribution in [1.29, 1.82) is 0 Å². The molecule has 1 heterocycles. The number of hydrogen-bond acceptors (Lipinski definition) is 2. The Labute approximate surface area is 134 Å². The van der Waals surface area contributed by atoms with Crippen molar-refractivity contribution in [3.05, 3.63) is 47.2 Å². The van der Waals surface area contributed by atoms with E-state index >= 15 is 0 Å². The summed E-state index contributed by atoms with van der Waals surface area (Å²) in [4.78, 5) is 4.42. The summed E-state index contributed by atoms with van der Waals surface area (Å²) in [7, 11) is 0. The van der Waals surface area contributed by atoms with Crippen LogP contribution in [-0.4, -0.2) is 4.98 Å². The third-order valence-electron chi connectivity index (χ3n) is 5.27.